The molecule has 5 aromatic rings. The summed E-state index contributed by atoms with van der Waals surface area (Å²) in [7, 11) is 0. The standard InChI is InChI=1S/C23H19FN6O2/c24-15-6-7-17-19(10-15)29(13-26-17)22-25-12-18-21(28-22)30(23(31)27-18)16-8-9-32-20(11-16)14-4-2-1-3-5-14/h1-7,10,12-13,16,20H,8-9,11H2,(H,27,31)/t16?,20-/m1/s1. The van der Waals surface area contributed by atoms with Crippen molar-refractivity contribution < 1.29 is 9.13 Å². The highest BCUT2D eigenvalue weighted by molar-refractivity contribution is 5.77. The lowest BCUT2D eigenvalue weighted by Crippen LogP contribution is -2.29. The van der Waals surface area contributed by atoms with E-state index in [4.69, 9.17) is 4.74 Å². The zero-order valence-corrected chi connectivity index (χ0v) is 17.0. The van der Waals surface area contributed by atoms with Crippen molar-refractivity contribution in [2.75, 3.05) is 6.61 Å². The van der Waals surface area contributed by atoms with E-state index in [-0.39, 0.29) is 23.7 Å². The summed E-state index contributed by atoms with van der Waals surface area (Å²) in [6.07, 6.45) is 4.41. The number of benzene rings is 2. The highest BCUT2D eigenvalue weighted by atomic mass is 19.1. The van der Waals surface area contributed by atoms with Gasteiger partial charge in [-0.1, -0.05) is 30.3 Å². The van der Waals surface area contributed by atoms with Crippen molar-refractivity contribution in [2.45, 2.75) is 25.0 Å². The summed E-state index contributed by atoms with van der Waals surface area (Å²) in [5.41, 5.74) is 3.12. The Balaban J connectivity index is 1.43. The molecule has 9 heteroatoms. The maximum absolute atomic E-state index is 13.8. The Labute approximate surface area is 181 Å². The normalized spacial score (nSPS) is 19.0. The van der Waals surface area contributed by atoms with E-state index in [0.29, 0.717) is 47.6 Å². The molecule has 1 aliphatic heterocycles. The van der Waals surface area contributed by atoms with Gasteiger partial charge < -0.3 is 9.72 Å². The van der Waals surface area contributed by atoms with E-state index in [1.807, 2.05) is 30.3 Å². The summed E-state index contributed by atoms with van der Waals surface area (Å²) in [6, 6.07) is 14.3. The minimum Gasteiger partial charge on any atom is -0.373 e. The molecule has 1 fully saturated rings. The van der Waals surface area contributed by atoms with Crippen molar-refractivity contribution >= 4 is 22.2 Å². The minimum atomic E-state index is -0.368. The minimum absolute atomic E-state index is 0.0741. The van der Waals surface area contributed by atoms with Crippen molar-refractivity contribution in [3.63, 3.8) is 0 Å². The van der Waals surface area contributed by atoms with Crippen LogP contribution in [0.4, 0.5) is 4.39 Å². The van der Waals surface area contributed by atoms with Gasteiger partial charge in [0.05, 0.1) is 23.3 Å². The van der Waals surface area contributed by atoms with Crippen LogP contribution in [0, 0.1) is 5.82 Å². The molecule has 1 aliphatic rings. The van der Waals surface area contributed by atoms with E-state index < -0.39 is 0 Å². The van der Waals surface area contributed by atoms with Crippen LogP contribution in [0.1, 0.15) is 30.6 Å². The van der Waals surface area contributed by atoms with Gasteiger partial charge in [0.1, 0.15) is 17.7 Å². The topological polar surface area (TPSA) is 90.6 Å². The SMILES string of the molecule is O=c1[nH]c2cnc(-n3cnc4ccc(F)cc43)nc2n1C1CCO[C@@H](c2ccccc2)C1. The van der Waals surface area contributed by atoms with Gasteiger partial charge in [0, 0.05) is 18.7 Å². The fourth-order valence-electron chi connectivity index (χ4n) is 4.42. The Morgan fingerprint density at radius 2 is 2.00 bits per heavy atom. The van der Waals surface area contributed by atoms with Crippen molar-refractivity contribution in [1.29, 1.82) is 0 Å². The number of nitrogens with zero attached hydrogens (tertiary/aromatic N) is 5. The van der Waals surface area contributed by atoms with E-state index >= 15 is 0 Å². The van der Waals surface area contributed by atoms with Gasteiger partial charge in [-0.2, -0.15) is 4.98 Å². The van der Waals surface area contributed by atoms with E-state index in [2.05, 4.69) is 19.9 Å². The van der Waals surface area contributed by atoms with Crippen LogP contribution < -0.4 is 5.69 Å². The Morgan fingerprint density at radius 1 is 1.12 bits per heavy atom. The van der Waals surface area contributed by atoms with Crippen molar-refractivity contribution in [2.24, 2.45) is 0 Å². The number of fused-ring (bicyclic) bond motifs is 2. The molecule has 0 spiro atoms. The number of ether oxygens (including phenoxy) is 1. The monoisotopic (exact) mass is 430 g/mol. The van der Waals surface area contributed by atoms with Gasteiger partial charge in [0.25, 0.3) is 0 Å². The first-order chi connectivity index (χ1) is 15.7. The third-order valence-electron chi connectivity index (χ3n) is 5.96. The molecular weight excluding hydrogens is 411 g/mol. The number of halogens is 1. The molecule has 1 saturated heterocycles. The number of rotatable bonds is 3. The van der Waals surface area contributed by atoms with Crippen LogP contribution in [0.25, 0.3) is 28.1 Å². The maximum Gasteiger partial charge on any atom is 0.327 e. The summed E-state index contributed by atoms with van der Waals surface area (Å²) < 4.78 is 23.1. The van der Waals surface area contributed by atoms with Gasteiger partial charge >= 0.3 is 5.69 Å². The second kappa shape index (κ2) is 7.38. The van der Waals surface area contributed by atoms with E-state index in [1.54, 1.807) is 27.7 Å². The molecule has 8 nitrogen and oxygen atoms in total. The third kappa shape index (κ3) is 3.09. The highest BCUT2D eigenvalue weighted by Gasteiger charge is 2.28. The van der Waals surface area contributed by atoms with Crippen LogP contribution in [0.15, 0.2) is 65.8 Å². The Kier molecular flexibility index (Phi) is 4.36. The van der Waals surface area contributed by atoms with Gasteiger partial charge in [-0.25, -0.2) is 19.2 Å². The second-order valence-corrected chi connectivity index (χ2v) is 7.90. The molecular formula is C23H19FN6O2. The molecule has 0 radical (unpaired) electrons. The predicted octanol–water partition coefficient (Wildman–Crippen LogP) is 3.69. The van der Waals surface area contributed by atoms with Crippen molar-refractivity contribution in [1.82, 2.24) is 29.1 Å². The first-order valence-electron chi connectivity index (χ1n) is 10.4. The number of H-pyrrole nitrogens is 1. The molecule has 4 heterocycles. The van der Waals surface area contributed by atoms with Crippen LogP contribution >= 0.6 is 0 Å². The lowest BCUT2D eigenvalue weighted by molar-refractivity contribution is -0.00691. The van der Waals surface area contributed by atoms with Gasteiger partial charge in [-0.3, -0.25) is 9.13 Å². The zero-order valence-electron chi connectivity index (χ0n) is 17.0. The maximum atomic E-state index is 13.8. The van der Waals surface area contributed by atoms with Gasteiger partial charge in [0.15, 0.2) is 5.65 Å². The number of nitrogens with one attached hydrogen (secondary N) is 1. The molecule has 0 saturated carbocycles. The van der Waals surface area contributed by atoms with E-state index in [9.17, 15) is 9.18 Å². The lowest BCUT2D eigenvalue weighted by Gasteiger charge is -2.30. The molecule has 2 aromatic carbocycles. The number of aromatic amines is 1. The summed E-state index contributed by atoms with van der Waals surface area (Å²) in [6.45, 7) is 0.548. The number of hydrogen-bond acceptors (Lipinski definition) is 5. The number of imidazole rings is 2. The molecule has 3 aromatic heterocycles. The van der Waals surface area contributed by atoms with Gasteiger partial charge in [-0.05, 0) is 30.5 Å². The molecule has 160 valence electrons. The predicted molar refractivity (Wildman–Crippen MR) is 116 cm³/mol. The Hall–Kier alpha value is -3.85. The smallest absolute Gasteiger partial charge is 0.327 e. The summed E-state index contributed by atoms with van der Waals surface area (Å²) in [5.74, 6) is -0.0435. The quantitative estimate of drug-likeness (QED) is 0.471. The molecule has 1 N–H and O–H groups in total. The van der Waals surface area contributed by atoms with Crippen LogP contribution in [-0.2, 0) is 4.74 Å². The summed E-state index contributed by atoms with van der Waals surface area (Å²) in [5, 5.41) is 0. The van der Waals surface area contributed by atoms with Crippen molar-refractivity contribution in [3.8, 4) is 5.95 Å². The van der Waals surface area contributed by atoms with Crippen LogP contribution in [0.2, 0.25) is 0 Å². The molecule has 0 amide bonds. The summed E-state index contributed by atoms with van der Waals surface area (Å²) in [4.78, 5) is 29.1. The number of hydrogen-bond donors (Lipinski definition) is 1. The molecule has 32 heavy (non-hydrogen) atoms. The molecule has 2 atom stereocenters. The van der Waals surface area contributed by atoms with E-state index in [1.165, 1.54) is 12.1 Å². The highest BCUT2D eigenvalue weighted by Crippen LogP contribution is 2.34. The number of aromatic nitrogens is 6. The molecule has 1 unspecified atom stereocenters. The zero-order chi connectivity index (χ0) is 21.7. The van der Waals surface area contributed by atoms with Crippen LogP contribution in [0.5, 0.6) is 0 Å². The molecule has 0 aliphatic carbocycles. The first-order valence-corrected chi connectivity index (χ1v) is 10.4. The first kappa shape index (κ1) is 18.9. The average Bonchev–Trinajstić information content (AvgIpc) is 3.39. The average molecular weight is 430 g/mol. The molecule has 6 rings (SSSR count). The second-order valence-electron chi connectivity index (χ2n) is 7.90. The van der Waals surface area contributed by atoms with Crippen LogP contribution in [-0.4, -0.2) is 35.7 Å². The molecule has 0 bridgehead atoms. The summed E-state index contributed by atoms with van der Waals surface area (Å²) >= 11 is 0. The lowest BCUT2D eigenvalue weighted by atomic mass is 9.97. The van der Waals surface area contributed by atoms with Gasteiger partial charge in [0.2, 0.25) is 5.95 Å². The Bertz CT molecular complexity index is 1490. The Morgan fingerprint density at radius 3 is 2.88 bits per heavy atom. The largest absolute Gasteiger partial charge is 0.373 e. The van der Waals surface area contributed by atoms with Crippen LogP contribution in [0.3, 0.4) is 0 Å². The fourth-order valence-corrected chi connectivity index (χ4v) is 4.42. The third-order valence-corrected chi connectivity index (χ3v) is 5.96. The van der Waals surface area contributed by atoms with E-state index in [0.717, 1.165) is 5.56 Å². The fraction of sp³-hybridized carbons (Fsp3) is 0.217. The van der Waals surface area contributed by atoms with Crippen molar-refractivity contribution in [3.05, 3.63) is 82.9 Å². The van der Waals surface area contributed by atoms with Gasteiger partial charge in [-0.15, -0.1) is 0 Å².